The summed E-state index contributed by atoms with van der Waals surface area (Å²) in [5, 5.41) is 12.3. The molecule has 0 radical (unpaired) electrons. The number of aliphatic hydroxyl groups is 1. The third-order valence-electron chi connectivity index (χ3n) is 3.37. The number of aliphatic hydroxyl groups excluding tert-OH is 1. The van der Waals surface area contributed by atoms with Gasteiger partial charge in [0, 0.05) is 30.7 Å². The Labute approximate surface area is 101 Å². The molecule has 0 bridgehead atoms. The van der Waals surface area contributed by atoms with Gasteiger partial charge in [0.05, 0.1) is 7.11 Å². The lowest BCUT2D eigenvalue weighted by Crippen LogP contribution is -2.26. The highest BCUT2D eigenvalue weighted by molar-refractivity contribution is 5.30. The van der Waals surface area contributed by atoms with Gasteiger partial charge in [-0.3, -0.25) is 0 Å². The summed E-state index contributed by atoms with van der Waals surface area (Å²) >= 11 is 0. The van der Waals surface area contributed by atoms with Crippen molar-refractivity contribution in [2.45, 2.75) is 19.4 Å². The molecule has 17 heavy (non-hydrogen) atoms. The monoisotopic (exact) mass is 239 g/mol. The molecule has 0 heterocycles. The Kier molecular flexibility index (Phi) is 3.64. The van der Waals surface area contributed by atoms with Gasteiger partial charge in [-0.2, -0.15) is 0 Å². The van der Waals surface area contributed by atoms with Crippen molar-refractivity contribution in [3.8, 4) is 5.75 Å². The number of benzene rings is 1. The van der Waals surface area contributed by atoms with E-state index in [0.717, 1.165) is 19.4 Å². The zero-order valence-corrected chi connectivity index (χ0v) is 10.0. The van der Waals surface area contributed by atoms with E-state index in [1.54, 1.807) is 18.2 Å². The molecule has 1 saturated carbocycles. The smallest absolute Gasteiger partial charge is 0.169 e. The predicted octanol–water partition coefficient (Wildman–Crippen LogP) is 1.70. The zero-order chi connectivity index (χ0) is 12.3. The van der Waals surface area contributed by atoms with Crippen LogP contribution in [0.2, 0.25) is 0 Å². The molecule has 0 spiro atoms. The van der Waals surface area contributed by atoms with Crippen molar-refractivity contribution in [2.75, 3.05) is 20.3 Å². The minimum atomic E-state index is -0.309. The molecule has 1 aromatic carbocycles. The van der Waals surface area contributed by atoms with Crippen molar-refractivity contribution in [3.63, 3.8) is 0 Å². The highest BCUT2D eigenvalue weighted by atomic mass is 19.1. The Hall–Kier alpha value is -1.13. The minimum absolute atomic E-state index is 0.0509. The first kappa shape index (κ1) is 12.3. The van der Waals surface area contributed by atoms with Gasteiger partial charge < -0.3 is 15.2 Å². The molecule has 94 valence electrons. The zero-order valence-electron chi connectivity index (χ0n) is 10.0. The molecule has 0 aromatic heterocycles. The standard InChI is InChI=1S/C13H18FNO2/c1-17-11-4-2-3-10(12(11)14)7-15-8-13(9-16)5-6-13/h2-4,15-16H,5-9H2,1H3. The third kappa shape index (κ3) is 2.76. The minimum Gasteiger partial charge on any atom is -0.494 e. The maximum atomic E-state index is 13.8. The van der Waals surface area contributed by atoms with E-state index in [9.17, 15) is 4.39 Å². The largest absolute Gasteiger partial charge is 0.494 e. The van der Waals surface area contributed by atoms with Crippen LogP contribution in [0.3, 0.4) is 0 Å². The lowest BCUT2D eigenvalue weighted by Gasteiger charge is -2.13. The number of ether oxygens (including phenoxy) is 1. The number of halogens is 1. The summed E-state index contributed by atoms with van der Waals surface area (Å²) in [7, 11) is 1.46. The molecular weight excluding hydrogens is 221 g/mol. The first-order valence-electron chi connectivity index (χ1n) is 5.84. The molecule has 0 amide bonds. The quantitative estimate of drug-likeness (QED) is 0.794. The van der Waals surface area contributed by atoms with Gasteiger partial charge in [0.25, 0.3) is 0 Å². The molecule has 4 heteroatoms. The van der Waals surface area contributed by atoms with E-state index in [0.29, 0.717) is 12.1 Å². The summed E-state index contributed by atoms with van der Waals surface area (Å²) in [5.41, 5.74) is 0.646. The summed E-state index contributed by atoms with van der Waals surface area (Å²) in [4.78, 5) is 0. The SMILES string of the molecule is COc1cccc(CNCC2(CO)CC2)c1F. The van der Waals surface area contributed by atoms with Crippen LogP contribution in [0.4, 0.5) is 4.39 Å². The highest BCUT2D eigenvalue weighted by Gasteiger charge is 2.41. The van der Waals surface area contributed by atoms with Crippen LogP contribution in [0.1, 0.15) is 18.4 Å². The second-order valence-electron chi connectivity index (χ2n) is 4.70. The van der Waals surface area contributed by atoms with Gasteiger partial charge in [-0.1, -0.05) is 12.1 Å². The number of nitrogens with one attached hydrogen (secondary N) is 1. The van der Waals surface area contributed by atoms with Crippen molar-refractivity contribution < 1.29 is 14.2 Å². The third-order valence-corrected chi connectivity index (χ3v) is 3.37. The van der Waals surface area contributed by atoms with Gasteiger partial charge in [0.2, 0.25) is 0 Å². The van der Waals surface area contributed by atoms with Gasteiger partial charge in [0.15, 0.2) is 11.6 Å². The summed E-state index contributed by atoms with van der Waals surface area (Å²) in [6.45, 7) is 1.41. The van der Waals surface area contributed by atoms with E-state index in [2.05, 4.69) is 5.32 Å². The van der Waals surface area contributed by atoms with Crippen LogP contribution in [0.25, 0.3) is 0 Å². The molecule has 3 nitrogen and oxygen atoms in total. The molecule has 2 rings (SSSR count). The maximum Gasteiger partial charge on any atom is 0.169 e. The summed E-state index contributed by atoms with van der Waals surface area (Å²) in [6, 6.07) is 5.12. The first-order valence-corrected chi connectivity index (χ1v) is 5.84. The molecule has 1 aromatic rings. The van der Waals surface area contributed by atoms with E-state index in [-0.39, 0.29) is 23.6 Å². The topological polar surface area (TPSA) is 41.5 Å². The van der Waals surface area contributed by atoms with E-state index in [1.165, 1.54) is 7.11 Å². The molecule has 0 saturated heterocycles. The van der Waals surface area contributed by atoms with E-state index in [1.807, 2.05) is 0 Å². The van der Waals surface area contributed by atoms with Gasteiger partial charge in [-0.25, -0.2) is 4.39 Å². The lowest BCUT2D eigenvalue weighted by atomic mass is 10.1. The van der Waals surface area contributed by atoms with Crippen molar-refractivity contribution in [1.29, 1.82) is 0 Å². The molecule has 0 atom stereocenters. The van der Waals surface area contributed by atoms with Crippen LogP contribution in [0, 0.1) is 11.2 Å². The van der Waals surface area contributed by atoms with Gasteiger partial charge in [-0.05, 0) is 18.9 Å². The number of hydrogen-bond donors (Lipinski definition) is 2. The molecular formula is C13H18FNO2. The second-order valence-corrected chi connectivity index (χ2v) is 4.70. The van der Waals surface area contributed by atoms with E-state index >= 15 is 0 Å². The normalized spacial score (nSPS) is 16.9. The van der Waals surface area contributed by atoms with E-state index < -0.39 is 0 Å². The fourth-order valence-electron chi connectivity index (χ4n) is 1.88. The van der Waals surface area contributed by atoms with Crippen LogP contribution < -0.4 is 10.1 Å². The fourth-order valence-corrected chi connectivity index (χ4v) is 1.88. The Balaban J connectivity index is 1.90. The van der Waals surface area contributed by atoms with Crippen LogP contribution in [0.5, 0.6) is 5.75 Å². The molecule has 0 aliphatic heterocycles. The molecule has 0 unspecified atom stereocenters. The van der Waals surface area contributed by atoms with Crippen molar-refractivity contribution >= 4 is 0 Å². The number of methoxy groups -OCH3 is 1. The second kappa shape index (κ2) is 5.02. The lowest BCUT2D eigenvalue weighted by molar-refractivity contribution is 0.207. The molecule has 1 aliphatic rings. The van der Waals surface area contributed by atoms with Crippen molar-refractivity contribution in [1.82, 2.24) is 5.32 Å². The predicted molar refractivity (Wildman–Crippen MR) is 63.4 cm³/mol. The highest BCUT2D eigenvalue weighted by Crippen LogP contribution is 2.44. The van der Waals surface area contributed by atoms with Crippen molar-refractivity contribution in [3.05, 3.63) is 29.6 Å². The number of rotatable bonds is 6. The fraction of sp³-hybridized carbons (Fsp3) is 0.538. The van der Waals surface area contributed by atoms with E-state index in [4.69, 9.17) is 9.84 Å². The average molecular weight is 239 g/mol. The molecule has 1 aliphatic carbocycles. The molecule has 2 N–H and O–H groups in total. The van der Waals surface area contributed by atoms with Crippen LogP contribution in [-0.4, -0.2) is 25.4 Å². The average Bonchev–Trinajstić information content (AvgIpc) is 3.12. The van der Waals surface area contributed by atoms with Crippen LogP contribution >= 0.6 is 0 Å². The van der Waals surface area contributed by atoms with Crippen LogP contribution in [-0.2, 0) is 6.54 Å². The summed E-state index contributed by atoms with van der Waals surface area (Å²) < 4.78 is 18.7. The Bertz CT molecular complexity index is 391. The van der Waals surface area contributed by atoms with Gasteiger partial charge in [0.1, 0.15) is 0 Å². The van der Waals surface area contributed by atoms with Gasteiger partial charge >= 0.3 is 0 Å². The number of hydrogen-bond acceptors (Lipinski definition) is 3. The maximum absolute atomic E-state index is 13.8. The Morgan fingerprint density at radius 1 is 1.47 bits per heavy atom. The van der Waals surface area contributed by atoms with Gasteiger partial charge in [-0.15, -0.1) is 0 Å². The first-order chi connectivity index (χ1) is 8.21. The van der Waals surface area contributed by atoms with Crippen LogP contribution in [0.15, 0.2) is 18.2 Å². The summed E-state index contributed by atoms with van der Waals surface area (Å²) in [5.74, 6) is -0.0380. The summed E-state index contributed by atoms with van der Waals surface area (Å²) in [6.07, 6.45) is 2.11. The van der Waals surface area contributed by atoms with Crippen molar-refractivity contribution in [2.24, 2.45) is 5.41 Å². The Morgan fingerprint density at radius 3 is 2.82 bits per heavy atom. The Morgan fingerprint density at radius 2 is 2.24 bits per heavy atom. The molecule has 1 fully saturated rings.